The van der Waals surface area contributed by atoms with Crippen molar-refractivity contribution in [3.8, 4) is 0 Å². The second kappa shape index (κ2) is 5.19. The molecule has 1 aromatic rings. The monoisotopic (exact) mass is 234 g/mol. The van der Waals surface area contributed by atoms with Crippen LogP contribution in [0.1, 0.15) is 38.1 Å². The van der Waals surface area contributed by atoms with Crippen LogP contribution in [0.15, 0.2) is 18.7 Å². The van der Waals surface area contributed by atoms with Crippen LogP contribution in [0, 0.1) is 0 Å². The normalized spacial score (nSPS) is 30.8. The number of nitrogens with zero attached hydrogens (tertiary/aromatic N) is 2. The van der Waals surface area contributed by atoms with Crippen LogP contribution in [0.3, 0.4) is 0 Å². The van der Waals surface area contributed by atoms with Gasteiger partial charge in [-0.2, -0.15) is 0 Å². The molecule has 0 spiro atoms. The maximum absolute atomic E-state index is 4.17. The number of hydrogen-bond acceptors (Lipinski definition) is 3. The van der Waals surface area contributed by atoms with Gasteiger partial charge in [0, 0.05) is 30.5 Å². The summed E-state index contributed by atoms with van der Waals surface area (Å²) in [6, 6.07) is 1.98. The van der Waals surface area contributed by atoms with Crippen molar-refractivity contribution in [3.05, 3.63) is 18.7 Å². The van der Waals surface area contributed by atoms with Gasteiger partial charge in [-0.3, -0.25) is 0 Å². The van der Waals surface area contributed by atoms with E-state index in [0.29, 0.717) is 18.1 Å². The maximum Gasteiger partial charge on any atom is 0.0949 e. The Bertz CT molecular complexity index is 329. The molecule has 1 saturated carbocycles. The van der Waals surface area contributed by atoms with Crippen LogP contribution in [-0.2, 0) is 0 Å². The maximum atomic E-state index is 4.17. The summed E-state index contributed by atoms with van der Waals surface area (Å²) in [5.41, 5.74) is 0. The summed E-state index contributed by atoms with van der Waals surface area (Å²) in [7, 11) is 0. The Morgan fingerprint density at radius 1 is 1.18 bits per heavy atom. The Morgan fingerprint density at radius 3 is 2.82 bits per heavy atom. The van der Waals surface area contributed by atoms with Crippen LogP contribution in [0.2, 0.25) is 0 Å². The van der Waals surface area contributed by atoms with Crippen LogP contribution >= 0.6 is 0 Å². The van der Waals surface area contributed by atoms with Crippen LogP contribution < -0.4 is 10.6 Å². The van der Waals surface area contributed by atoms with Gasteiger partial charge in [-0.15, -0.1) is 0 Å². The summed E-state index contributed by atoms with van der Waals surface area (Å²) in [5.74, 6) is 0. The SMILES string of the molecule is c1cn(C2CCCC2NC2CCNCC2)cn1. The molecule has 0 radical (unpaired) electrons. The van der Waals surface area contributed by atoms with Crippen LogP contribution in [0.5, 0.6) is 0 Å². The Hall–Kier alpha value is -0.870. The molecule has 2 N–H and O–H groups in total. The van der Waals surface area contributed by atoms with Gasteiger partial charge in [-0.1, -0.05) is 0 Å². The first kappa shape index (κ1) is 11.2. The third kappa shape index (κ3) is 2.53. The number of imidazole rings is 1. The third-order valence-electron chi connectivity index (χ3n) is 4.18. The van der Waals surface area contributed by atoms with E-state index < -0.39 is 0 Å². The molecule has 2 atom stereocenters. The minimum absolute atomic E-state index is 0.618. The molecular weight excluding hydrogens is 212 g/mol. The van der Waals surface area contributed by atoms with Gasteiger partial charge in [-0.05, 0) is 45.2 Å². The molecule has 1 aliphatic carbocycles. The van der Waals surface area contributed by atoms with E-state index in [9.17, 15) is 0 Å². The molecule has 94 valence electrons. The molecule has 4 nitrogen and oxygen atoms in total. The fraction of sp³-hybridized carbons (Fsp3) is 0.769. The molecule has 1 aliphatic heterocycles. The zero-order valence-electron chi connectivity index (χ0n) is 10.3. The van der Waals surface area contributed by atoms with Gasteiger partial charge >= 0.3 is 0 Å². The second-order valence-corrected chi connectivity index (χ2v) is 5.31. The zero-order chi connectivity index (χ0) is 11.5. The molecule has 17 heavy (non-hydrogen) atoms. The summed E-state index contributed by atoms with van der Waals surface area (Å²) in [5, 5.41) is 7.29. The van der Waals surface area contributed by atoms with Gasteiger partial charge < -0.3 is 15.2 Å². The molecule has 0 amide bonds. The van der Waals surface area contributed by atoms with E-state index in [0.717, 1.165) is 0 Å². The number of rotatable bonds is 3. The molecule has 2 heterocycles. The van der Waals surface area contributed by atoms with Crippen molar-refractivity contribution < 1.29 is 0 Å². The van der Waals surface area contributed by atoms with E-state index in [2.05, 4.69) is 26.4 Å². The lowest BCUT2D eigenvalue weighted by Gasteiger charge is -2.30. The second-order valence-electron chi connectivity index (χ2n) is 5.31. The lowest BCUT2D eigenvalue weighted by atomic mass is 10.0. The van der Waals surface area contributed by atoms with E-state index in [1.165, 1.54) is 45.2 Å². The summed E-state index contributed by atoms with van der Waals surface area (Å²) in [4.78, 5) is 4.17. The molecule has 1 aromatic heterocycles. The van der Waals surface area contributed by atoms with E-state index in [1.807, 2.05) is 12.5 Å². The summed E-state index contributed by atoms with van der Waals surface area (Å²) >= 11 is 0. The van der Waals surface area contributed by atoms with Gasteiger partial charge in [-0.25, -0.2) is 4.98 Å². The highest BCUT2D eigenvalue weighted by molar-refractivity contribution is 4.93. The van der Waals surface area contributed by atoms with Crippen molar-refractivity contribution in [2.45, 2.75) is 50.2 Å². The molecule has 2 fully saturated rings. The van der Waals surface area contributed by atoms with Crippen molar-refractivity contribution in [1.29, 1.82) is 0 Å². The van der Waals surface area contributed by atoms with Crippen molar-refractivity contribution in [2.75, 3.05) is 13.1 Å². The highest BCUT2D eigenvalue weighted by atomic mass is 15.1. The van der Waals surface area contributed by atoms with Crippen molar-refractivity contribution in [1.82, 2.24) is 20.2 Å². The number of piperidine rings is 1. The largest absolute Gasteiger partial charge is 0.333 e. The van der Waals surface area contributed by atoms with Crippen LogP contribution in [-0.4, -0.2) is 34.7 Å². The standard InChI is InChI=1S/C13H22N4/c1-2-12(16-11-4-6-14-7-5-11)13(3-1)17-9-8-15-10-17/h8-14,16H,1-7H2. The molecule has 3 rings (SSSR count). The minimum Gasteiger partial charge on any atom is -0.333 e. The summed E-state index contributed by atoms with van der Waals surface area (Å²) in [6.07, 6.45) is 12.4. The fourth-order valence-corrected chi connectivity index (χ4v) is 3.25. The van der Waals surface area contributed by atoms with Crippen molar-refractivity contribution in [2.24, 2.45) is 0 Å². The van der Waals surface area contributed by atoms with E-state index >= 15 is 0 Å². The lowest BCUT2D eigenvalue weighted by Crippen LogP contribution is -2.46. The fourth-order valence-electron chi connectivity index (χ4n) is 3.25. The van der Waals surface area contributed by atoms with Gasteiger partial charge in [0.2, 0.25) is 0 Å². The quantitative estimate of drug-likeness (QED) is 0.829. The predicted octanol–water partition coefficient (Wildman–Crippen LogP) is 1.32. The Morgan fingerprint density at radius 2 is 2.06 bits per heavy atom. The van der Waals surface area contributed by atoms with Crippen molar-refractivity contribution in [3.63, 3.8) is 0 Å². The predicted molar refractivity (Wildman–Crippen MR) is 67.9 cm³/mol. The Balaban J connectivity index is 1.61. The summed E-state index contributed by atoms with van der Waals surface area (Å²) in [6.45, 7) is 2.33. The number of hydrogen-bond donors (Lipinski definition) is 2. The van der Waals surface area contributed by atoms with Gasteiger partial charge in [0.15, 0.2) is 0 Å². The minimum atomic E-state index is 0.618. The van der Waals surface area contributed by atoms with E-state index in [-0.39, 0.29) is 0 Å². The van der Waals surface area contributed by atoms with Gasteiger partial charge in [0.05, 0.1) is 6.33 Å². The van der Waals surface area contributed by atoms with Gasteiger partial charge in [0.1, 0.15) is 0 Å². The highest BCUT2D eigenvalue weighted by Crippen LogP contribution is 2.30. The third-order valence-corrected chi connectivity index (χ3v) is 4.18. The first-order chi connectivity index (χ1) is 8.43. The van der Waals surface area contributed by atoms with Crippen LogP contribution in [0.25, 0.3) is 0 Å². The summed E-state index contributed by atoms with van der Waals surface area (Å²) < 4.78 is 2.28. The molecule has 0 aromatic carbocycles. The average molecular weight is 234 g/mol. The topological polar surface area (TPSA) is 41.9 Å². The van der Waals surface area contributed by atoms with E-state index in [4.69, 9.17) is 0 Å². The van der Waals surface area contributed by atoms with Crippen molar-refractivity contribution >= 4 is 0 Å². The molecule has 4 heteroatoms. The average Bonchev–Trinajstić information content (AvgIpc) is 3.00. The first-order valence-corrected chi connectivity index (χ1v) is 6.88. The molecule has 2 aliphatic rings. The highest BCUT2D eigenvalue weighted by Gasteiger charge is 2.30. The van der Waals surface area contributed by atoms with Gasteiger partial charge in [0.25, 0.3) is 0 Å². The Labute approximate surface area is 103 Å². The molecule has 1 saturated heterocycles. The van der Waals surface area contributed by atoms with Crippen LogP contribution in [0.4, 0.5) is 0 Å². The molecular formula is C13H22N4. The zero-order valence-corrected chi connectivity index (χ0v) is 10.3. The Kier molecular flexibility index (Phi) is 3.43. The smallest absolute Gasteiger partial charge is 0.0949 e. The lowest BCUT2D eigenvalue weighted by molar-refractivity contribution is 0.307. The van der Waals surface area contributed by atoms with E-state index in [1.54, 1.807) is 0 Å². The first-order valence-electron chi connectivity index (χ1n) is 6.88. The molecule has 2 unspecified atom stereocenters. The molecule has 0 bridgehead atoms. The number of aromatic nitrogens is 2. The number of nitrogens with one attached hydrogen (secondary N) is 2.